The van der Waals surface area contributed by atoms with Crippen molar-refractivity contribution in [3.63, 3.8) is 0 Å². The molecule has 0 spiro atoms. The number of hydrogen-bond acceptors (Lipinski definition) is 2. The lowest BCUT2D eigenvalue weighted by molar-refractivity contribution is 0.0988. The van der Waals surface area contributed by atoms with Gasteiger partial charge in [0.2, 0.25) is 0 Å². The van der Waals surface area contributed by atoms with Crippen molar-refractivity contribution in [2.75, 3.05) is 0 Å². The van der Waals surface area contributed by atoms with Gasteiger partial charge in [0.1, 0.15) is 5.58 Å². The van der Waals surface area contributed by atoms with Gasteiger partial charge in [0.25, 0.3) is 0 Å². The molecule has 3 rings (SSSR count). The number of aryl methyl sites for hydroxylation is 2. The minimum atomic E-state index is -0.00994. The number of Topliss-reactive ketones (excluding diaryl/α,β-unsaturated/α-hetero) is 1. The van der Waals surface area contributed by atoms with Crippen LogP contribution >= 0.6 is 0 Å². The molecule has 0 bridgehead atoms. The third kappa shape index (κ3) is 2.37. The van der Waals surface area contributed by atoms with Crippen molar-refractivity contribution in [1.82, 2.24) is 0 Å². The number of hydrogen-bond donors (Lipinski definition) is 0. The summed E-state index contributed by atoms with van der Waals surface area (Å²) in [5, 5.41) is 1.05. The van der Waals surface area contributed by atoms with E-state index in [0.29, 0.717) is 5.76 Å². The smallest absolute Gasteiger partial charge is 0.195 e. The van der Waals surface area contributed by atoms with E-state index in [1.165, 1.54) is 5.56 Å². The molecule has 0 N–H and O–H groups in total. The van der Waals surface area contributed by atoms with Crippen molar-refractivity contribution in [3.8, 4) is 0 Å². The van der Waals surface area contributed by atoms with E-state index in [4.69, 9.17) is 4.42 Å². The number of ketones is 1. The second kappa shape index (κ2) is 5.33. The first-order chi connectivity index (χ1) is 9.75. The van der Waals surface area contributed by atoms with E-state index in [1.807, 2.05) is 42.5 Å². The average molecular weight is 264 g/mol. The van der Waals surface area contributed by atoms with E-state index in [-0.39, 0.29) is 5.78 Å². The number of carbonyl (C=O) groups excluding carboxylic acids is 1. The van der Waals surface area contributed by atoms with Gasteiger partial charge in [0.05, 0.1) is 0 Å². The van der Waals surface area contributed by atoms with Crippen LogP contribution in [0.2, 0.25) is 0 Å². The summed E-state index contributed by atoms with van der Waals surface area (Å²) < 4.78 is 5.70. The third-order valence-corrected chi connectivity index (χ3v) is 3.52. The monoisotopic (exact) mass is 264 g/mol. The van der Waals surface area contributed by atoms with Gasteiger partial charge in [-0.15, -0.1) is 0 Å². The maximum atomic E-state index is 11.8. The highest BCUT2D eigenvalue weighted by Crippen LogP contribution is 2.27. The van der Waals surface area contributed by atoms with Crippen LogP contribution in [0, 0.1) is 0 Å². The largest absolute Gasteiger partial charge is 0.453 e. The van der Waals surface area contributed by atoms with Crippen molar-refractivity contribution in [2.24, 2.45) is 0 Å². The lowest BCUT2D eigenvalue weighted by Gasteiger charge is -2.02. The number of para-hydroxylation sites is 1. The minimum absolute atomic E-state index is 0.00994. The van der Waals surface area contributed by atoms with Crippen LogP contribution in [0.5, 0.6) is 0 Å². The predicted molar refractivity (Wildman–Crippen MR) is 80.1 cm³/mol. The minimum Gasteiger partial charge on any atom is -0.453 e. The van der Waals surface area contributed by atoms with Crippen LogP contribution in [0.4, 0.5) is 0 Å². The molecular weight excluding hydrogens is 248 g/mol. The van der Waals surface area contributed by atoms with E-state index < -0.39 is 0 Å². The molecular formula is C18H16O2. The zero-order chi connectivity index (χ0) is 13.9. The van der Waals surface area contributed by atoms with E-state index >= 15 is 0 Å². The lowest BCUT2D eigenvalue weighted by atomic mass is 10.0. The summed E-state index contributed by atoms with van der Waals surface area (Å²) in [6.45, 7) is 1.56. The van der Waals surface area contributed by atoms with Gasteiger partial charge in [-0.05, 0) is 24.5 Å². The van der Waals surface area contributed by atoms with Crippen LogP contribution in [0.15, 0.2) is 59.0 Å². The van der Waals surface area contributed by atoms with Crippen molar-refractivity contribution < 1.29 is 9.21 Å². The third-order valence-electron chi connectivity index (χ3n) is 3.52. The first kappa shape index (κ1) is 12.7. The topological polar surface area (TPSA) is 30.2 Å². The molecule has 0 fully saturated rings. The second-order valence-electron chi connectivity index (χ2n) is 4.95. The molecule has 0 aliphatic rings. The van der Waals surface area contributed by atoms with Gasteiger partial charge < -0.3 is 4.42 Å². The normalized spacial score (nSPS) is 10.8. The summed E-state index contributed by atoms with van der Waals surface area (Å²) in [5.41, 5.74) is 3.09. The molecule has 1 heterocycles. The van der Waals surface area contributed by atoms with Gasteiger partial charge in [-0.1, -0.05) is 48.5 Å². The molecule has 2 aromatic carbocycles. The highest BCUT2D eigenvalue weighted by Gasteiger charge is 2.16. The van der Waals surface area contributed by atoms with Crippen LogP contribution in [-0.2, 0) is 12.8 Å². The molecule has 0 saturated heterocycles. The SMILES string of the molecule is CC(=O)c1oc2ccccc2c1CCc1ccccc1. The molecule has 0 amide bonds. The molecule has 1 aromatic heterocycles. The number of benzene rings is 2. The van der Waals surface area contributed by atoms with E-state index in [1.54, 1.807) is 6.92 Å². The van der Waals surface area contributed by atoms with E-state index in [0.717, 1.165) is 29.4 Å². The number of furan rings is 1. The Morgan fingerprint density at radius 1 is 0.950 bits per heavy atom. The quantitative estimate of drug-likeness (QED) is 0.653. The summed E-state index contributed by atoms with van der Waals surface area (Å²) in [5.74, 6) is 0.492. The molecule has 0 saturated carbocycles. The second-order valence-corrected chi connectivity index (χ2v) is 4.95. The van der Waals surface area contributed by atoms with Crippen LogP contribution in [0.3, 0.4) is 0 Å². The first-order valence-corrected chi connectivity index (χ1v) is 6.81. The Morgan fingerprint density at radius 2 is 1.65 bits per heavy atom. The first-order valence-electron chi connectivity index (χ1n) is 6.81. The van der Waals surface area contributed by atoms with Crippen molar-refractivity contribution in [1.29, 1.82) is 0 Å². The Bertz CT molecular complexity index is 738. The Morgan fingerprint density at radius 3 is 2.40 bits per heavy atom. The van der Waals surface area contributed by atoms with Gasteiger partial charge in [0, 0.05) is 17.9 Å². The molecule has 0 radical (unpaired) electrons. The molecule has 20 heavy (non-hydrogen) atoms. The van der Waals surface area contributed by atoms with E-state index in [2.05, 4.69) is 12.1 Å². The highest BCUT2D eigenvalue weighted by molar-refractivity contribution is 5.99. The Kier molecular flexibility index (Phi) is 3.38. The van der Waals surface area contributed by atoms with Crippen molar-refractivity contribution in [2.45, 2.75) is 19.8 Å². The number of carbonyl (C=O) groups is 1. The van der Waals surface area contributed by atoms with E-state index in [9.17, 15) is 4.79 Å². The molecule has 2 nitrogen and oxygen atoms in total. The van der Waals surface area contributed by atoms with Crippen LogP contribution in [-0.4, -0.2) is 5.78 Å². The van der Waals surface area contributed by atoms with Gasteiger partial charge in [-0.3, -0.25) is 4.79 Å². The standard InChI is InChI=1S/C18H16O2/c1-13(19)18-16(12-11-14-7-3-2-4-8-14)15-9-5-6-10-17(15)20-18/h2-10H,11-12H2,1H3. The van der Waals surface area contributed by atoms with Gasteiger partial charge in [0.15, 0.2) is 11.5 Å². The molecule has 100 valence electrons. The van der Waals surface area contributed by atoms with Crippen molar-refractivity contribution >= 4 is 16.8 Å². The Hall–Kier alpha value is -2.35. The summed E-state index contributed by atoms with van der Waals surface area (Å²) in [6.07, 6.45) is 1.72. The maximum Gasteiger partial charge on any atom is 0.195 e. The molecule has 0 atom stereocenters. The summed E-state index contributed by atoms with van der Waals surface area (Å²) >= 11 is 0. The molecule has 0 aliphatic heterocycles. The molecule has 3 aromatic rings. The lowest BCUT2D eigenvalue weighted by Crippen LogP contribution is -1.98. The maximum absolute atomic E-state index is 11.8. The summed E-state index contributed by atoms with van der Waals surface area (Å²) in [7, 11) is 0. The van der Waals surface area contributed by atoms with Gasteiger partial charge >= 0.3 is 0 Å². The van der Waals surface area contributed by atoms with Crippen LogP contribution in [0.25, 0.3) is 11.0 Å². The highest BCUT2D eigenvalue weighted by atomic mass is 16.3. The van der Waals surface area contributed by atoms with Crippen molar-refractivity contribution in [3.05, 3.63) is 71.5 Å². The van der Waals surface area contributed by atoms with Gasteiger partial charge in [-0.25, -0.2) is 0 Å². The predicted octanol–water partition coefficient (Wildman–Crippen LogP) is 4.42. The fraction of sp³-hybridized carbons (Fsp3) is 0.167. The van der Waals surface area contributed by atoms with Crippen LogP contribution < -0.4 is 0 Å². The van der Waals surface area contributed by atoms with Crippen LogP contribution in [0.1, 0.15) is 28.6 Å². The van der Waals surface area contributed by atoms with Gasteiger partial charge in [-0.2, -0.15) is 0 Å². The average Bonchev–Trinajstić information content (AvgIpc) is 2.85. The zero-order valence-electron chi connectivity index (χ0n) is 11.4. The Balaban J connectivity index is 1.97. The fourth-order valence-electron chi connectivity index (χ4n) is 2.55. The summed E-state index contributed by atoms with van der Waals surface area (Å²) in [4.78, 5) is 11.8. The molecule has 0 unspecified atom stereocenters. The summed E-state index contributed by atoms with van der Waals surface area (Å²) in [6, 6.07) is 18.1. The fourth-order valence-corrected chi connectivity index (χ4v) is 2.55. The number of fused-ring (bicyclic) bond motifs is 1. The molecule has 2 heteroatoms. The number of rotatable bonds is 4. The Labute approximate surface area is 118 Å². The zero-order valence-corrected chi connectivity index (χ0v) is 11.4. The molecule has 0 aliphatic carbocycles.